The molecule has 0 aliphatic carbocycles. The van der Waals surface area contributed by atoms with Crippen molar-refractivity contribution in [3.05, 3.63) is 47.0 Å². The van der Waals surface area contributed by atoms with Crippen molar-refractivity contribution < 1.29 is 9.90 Å². The van der Waals surface area contributed by atoms with E-state index in [0.717, 1.165) is 12.0 Å². The molecule has 0 spiro atoms. The van der Waals surface area contributed by atoms with Gasteiger partial charge in [0, 0.05) is 0 Å². The maximum atomic E-state index is 11.0. The minimum Gasteiger partial charge on any atom is -0.385 e. The van der Waals surface area contributed by atoms with Crippen LogP contribution in [0.4, 0.5) is 0 Å². The molecule has 0 saturated carbocycles. The fourth-order valence-corrected chi connectivity index (χ4v) is 2.11. The number of aromatic nitrogens is 3. The maximum Gasteiger partial charge on any atom is 0.225 e. The number of benzene rings is 1. The Labute approximate surface area is 123 Å². The number of rotatable bonds is 6. The van der Waals surface area contributed by atoms with E-state index >= 15 is 0 Å². The van der Waals surface area contributed by atoms with E-state index in [1.807, 2.05) is 12.1 Å². The van der Waals surface area contributed by atoms with Crippen molar-refractivity contribution in [3.63, 3.8) is 0 Å². The monoisotopic (exact) mass is 288 g/mol. The highest BCUT2D eigenvalue weighted by atomic mass is 16.3. The lowest BCUT2D eigenvalue weighted by Crippen LogP contribution is -2.15. The topological polar surface area (TPSA) is 94.0 Å². The van der Waals surface area contributed by atoms with Crippen LogP contribution in [0.2, 0.25) is 0 Å². The van der Waals surface area contributed by atoms with E-state index in [1.165, 1.54) is 5.56 Å². The number of carbonyl (C=O) groups excluding carboxylic acids is 1. The summed E-state index contributed by atoms with van der Waals surface area (Å²) in [6, 6.07) is 8.19. The van der Waals surface area contributed by atoms with Crippen LogP contribution >= 0.6 is 0 Å². The Morgan fingerprint density at radius 3 is 2.48 bits per heavy atom. The lowest BCUT2D eigenvalue weighted by molar-refractivity contribution is -0.117. The van der Waals surface area contributed by atoms with Gasteiger partial charge in [0.25, 0.3) is 0 Å². The molecule has 2 rings (SSSR count). The molecule has 6 nitrogen and oxygen atoms in total. The van der Waals surface area contributed by atoms with E-state index in [-0.39, 0.29) is 6.42 Å². The molecule has 1 aromatic carbocycles. The molecule has 0 aliphatic heterocycles. The third-order valence-corrected chi connectivity index (χ3v) is 3.21. The smallest absolute Gasteiger partial charge is 0.225 e. The molecule has 0 radical (unpaired) electrons. The summed E-state index contributed by atoms with van der Waals surface area (Å²) in [6.07, 6.45) is 0.210. The van der Waals surface area contributed by atoms with E-state index in [9.17, 15) is 9.90 Å². The molecule has 0 saturated heterocycles. The first-order valence-electron chi connectivity index (χ1n) is 6.97. The third-order valence-electron chi connectivity index (χ3n) is 3.21. The number of amides is 1. The number of aliphatic hydroxyl groups excluding tert-OH is 1. The highest BCUT2D eigenvalue weighted by Crippen LogP contribution is 2.13. The summed E-state index contributed by atoms with van der Waals surface area (Å²) in [6.45, 7) is 4.22. The Balaban J connectivity index is 2.24. The average Bonchev–Trinajstić information content (AvgIpc) is 2.81. The van der Waals surface area contributed by atoms with Crippen molar-refractivity contribution in [2.24, 2.45) is 5.73 Å². The van der Waals surface area contributed by atoms with Crippen molar-refractivity contribution in [1.29, 1.82) is 0 Å². The zero-order valence-corrected chi connectivity index (χ0v) is 12.3. The van der Waals surface area contributed by atoms with Gasteiger partial charge in [-0.25, -0.2) is 9.67 Å². The second kappa shape index (κ2) is 6.49. The van der Waals surface area contributed by atoms with Gasteiger partial charge < -0.3 is 10.8 Å². The number of aliphatic hydroxyl groups is 1. The molecule has 0 unspecified atom stereocenters. The van der Waals surface area contributed by atoms with Gasteiger partial charge in [-0.1, -0.05) is 31.2 Å². The second-order valence-corrected chi connectivity index (χ2v) is 5.03. The highest BCUT2D eigenvalue weighted by Gasteiger charge is 2.15. The van der Waals surface area contributed by atoms with Crippen LogP contribution in [-0.2, 0) is 24.2 Å². The van der Waals surface area contributed by atoms with Crippen LogP contribution in [0, 0.1) is 0 Å². The number of aryl methyl sites for hydroxylation is 1. The van der Waals surface area contributed by atoms with Crippen molar-refractivity contribution in [3.8, 4) is 0 Å². The first-order chi connectivity index (χ1) is 9.99. The molecule has 0 fully saturated rings. The Morgan fingerprint density at radius 2 is 1.95 bits per heavy atom. The summed E-state index contributed by atoms with van der Waals surface area (Å²) in [5.74, 6) is 0.283. The zero-order chi connectivity index (χ0) is 15.4. The molecular weight excluding hydrogens is 268 g/mol. The van der Waals surface area contributed by atoms with Crippen LogP contribution in [0.3, 0.4) is 0 Å². The molecule has 1 heterocycles. The van der Waals surface area contributed by atoms with Crippen molar-refractivity contribution in [2.75, 3.05) is 0 Å². The third kappa shape index (κ3) is 3.88. The molecule has 1 aromatic heterocycles. The van der Waals surface area contributed by atoms with Gasteiger partial charge in [0.05, 0.1) is 13.0 Å². The number of primary amides is 1. The Bertz CT molecular complexity index is 617. The minimum atomic E-state index is -0.756. The van der Waals surface area contributed by atoms with Gasteiger partial charge in [-0.05, 0) is 24.5 Å². The highest BCUT2D eigenvalue weighted by molar-refractivity contribution is 5.75. The van der Waals surface area contributed by atoms with E-state index in [2.05, 4.69) is 29.1 Å². The molecule has 3 N–H and O–H groups in total. The van der Waals surface area contributed by atoms with Gasteiger partial charge in [0.15, 0.2) is 11.6 Å². The number of nitrogens with two attached hydrogens (primary N) is 1. The fourth-order valence-electron chi connectivity index (χ4n) is 2.11. The molecule has 6 heteroatoms. The summed E-state index contributed by atoms with van der Waals surface area (Å²) in [5.41, 5.74) is 7.48. The fraction of sp³-hybridized carbons (Fsp3) is 0.400. The zero-order valence-electron chi connectivity index (χ0n) is 12.3. The lowest BCUT2D eigenvalue weighted by Gasteiger charge is -2.08. The summed E-state index contributed by atoms with van der Waals surface area (Å²) in [5, 5.41) is 14.0. The molecule has 1 atom stereocenters. The van der Waals surface area contributed by atoms with E-state index in [4.69, 9.17) is 5.73 Å². The van der Waals surface area contributed by atoms with Crippen LogP contribution in [0.25, 0.3) is 0 Å². The van der Waals surface area contributed by atoms with Crippen molar-refractivity contribution in [1.82, 2.24) is 14.8 Å². The van der Waals surface area contributed by atoms with E-state index < -0.39 is 12.0 Å². The first-order valence-corrected chi connectivity index (χ1v) is 6.97. The standard InChI is InChI=1S/C15H20N4O2/c1-3-11-4-6-12(7-5-11)9-19-15(10(2)20)17-14(18-19)8-13(16)21/h4-7,10,20H,3,8-9H2,1-2H3,(H2,16,21)/t10-/m0/s1. The predicted molar refractivity (Wildman–Crippen MR) is 78.5 cm³/mol. The van der Waals surface area contributed by atoms with Crippen molar-refractivity contribution >= 4 is 5.91 Å². The number of hydrogen-bond acceptors (Lipinski definition) is 4. The first kappa shape index (κ1) is 15.2. The molecule has 21 heavy (non-hydrogen) atoms. The van der Waals surface area contributed by atoms with Gasteiger partial charge in [0.1, 0.15) is 6.10 Å². The van der Waals surface area contributed by atoms with Gasteiger partial charge in [-0.3, -0.25) is 4.79 Å². The van der Waals surface area contributed by atoms with Gasteiger partial charge in [0.2, 0.25) is 5.91 Å². The van der Waals surface area contributed by atoms with Crippen LogP contribution in [0.15, 0.2) is 24.3 Å². The summed E-state index contributed by atoms with van der Waals surface area (Å²) < 4.78 is 1.61. The Hall–Kier alpha value is -2.21. The number of carbonyl (C=O) groups is 1. The van der Waals surface area contributed by atoms with Gasteiger partial charge >= 0.3 is 0 Å². The normalized spacial score (nSPS) is 12.3. The number of nitrogens with zero attached hydrogens (tertiary/aromatic N) is 3. The lowest BCUT2D eigenvalue weighted by atomic mass is 10.1. The molecule has 112 valence electrons. The quantitative estimate of drug-likeness (QED) is 0.828. The van der Waals surface area contributed by atoms with Crippen molar-refractivity contribution in [2.45, 2.75) is 39.3 Å². The maximum absolute atomic E-state index is 11.0. The van der Waals surface area contributed by atoms with Crippen LogP contribution < -0.4 is 5.73 Å². The molecule has 1 amide bonds. The summed E-state index contributed by atoms with van der Waals surface area (Å²) in [4.78, 5) is 15.1. The Kier molecular flexibility index (Phi) is 4.70. The second-order valence-electron chi connectivity index (χ2n) is 5.03. The summed E-state index contributed by atoms with van der Waals surface area (Å²) in [7, 11) is 0. The van der Waals surface area contributed by atoms with E-state index in [0.29, 0.717) is 18.2 Å². The molecule has 2 aromatic rings. The average molecular weight is 288 g/mol. The van der Waals surface area contributed by atoms with Gasteiger partial charge in [-0.15, -0.1) is 0 Å². The van der Waals surface area contributed by atoms with Crippen LogP contribution in [-0.4, -0.2) is 25.8 Å². The number of hydrogen-bond donors (Lipinski definition) is 2. The van der Waals surface area contributed by atoms with E-state index in [1.54, 1.807) is 11.6 Å². The largest absolute Gasteiger partial charge is 0.385 e. The minimum absolute atomic E-state index is 0.0263. The van der Waals surface area contributed by atoms with Crippen LogP contribution in [0.1, 0.15) is 42.7 Å². The predicted octanol–water partition coefficient (Wildman–Crippen LogP) is 0.970. The molecule has 0 bridgehead atoms. The van der Waals surface area contributed by atoms with Crippen LogP contribution in [0.5, 0.6) is 0 Å². The molecule has 0 aliphatic rings. The molecular formula is C15H20N4O2. The summed E-state index contributed by atoms with van der Waals surface area (Å²) >= 11 is 0. The SMILES string of the molecule is CCc1ccc(Cn2nc(CC(N)=O)nc2[C@H](C)O)cc1. The Morgan fingerprint density at radius 1 is 1.33 bits per heavy atom. The van der Waals surface area contributed by atoms with Gasteiger partial charge in [-0.2, -0.15) is 5.10 Å².